The molecule has 94 valence electrons. The number of benzene rings is 1. The van der Waals surface area contributed by atoms with E-state index in [-0.39, 0.29) is 12.3 Å². The van der Waals surface area contributed by atoms with Gasteiger partial charge in [-0.25, -0.2) is 4.98 Å². The molecule has 1 heterocycles. The lowest BCUT2D eigenvalue weighted by Crippen LogP contribution is -2.25. The molecule has 0 unspecified atom stereocenters. The van der Waals surface area contributed by atoms with Gasteiger partial charge < -0.3 is 5.32 Å². The summed E-state index contributed by atoms with van der Waals surface area (Å²) in [5, 5.41) is 10.1. The Bertz CT molecular complexity index is 542. The molecule has 2 N–H and O–H groups in total. The van der Waals surface area contributed by atoms with Crippen LogP contribution in [0.3, 0.4) is 0 Å². The molecule has 0 radical (unpaired) electrons. The second-order valence-corrected chi connectivity index (χ2v) is 4.47. The maximum absolute atomic E-state index is 11.7. The highest BCUT2D eigenvalue weighted by molar-refractivity contribution is 6.35. The maximum Gasteiger partial charge on any atom is 0.224 e. The number of aromatic nitrogens is 3. The van der Waals surface area contributed by atoms with Crippen LogP contribution < -0.4 is 5.32 Å². The van der Waals surface area contributed by atoms with E-state index in [9.17, 15) is 4.79 Å². The third-order valence-electron chi connectivity index (χ3n) is 2.28. The predicted octanol–water partition coefficient (Wildman–Crippen LogP) is 1.97. The van der Waals surface area contributed by atoms with Crippen LogP contribution >= 0.6 is 23.2 Å². The molecule has 0 saturated heterocycles. The Morgan fingerprint density at radius 3 is 2.89 bits per heavy atom. The molecule has 1 amide bonds. The van der Waals surface area contributed by atoms with E-state index in [1.54, 1.807) is 18.2 Å². The molecule has 1 aromatic carbocycles. The molecule has 2 rings (SSSR count). The third-order valence-corrected chi connectivity index (χ3v) is 2.87. The number of carbonyl (C=O) groups is 1. The minimum absolute atomic E-state index is 0.143. The quantitative estimate of drug-likeness (QED) is 0.902. The first-order valence-electron chi connectivity index (χ1n) is 5.20. The zero-order chi connectivity index (χ0) is 13.0. The molecule has 0 bridgehead atoms. The Kier molecular flexibility index (Phi) is 4.17. The van der Waals surface area contributed by atoms with Crippen molar-refractivity contribution >= 4 is 29.1 Å². The standard InChI is InChI=1S/C11H10Cl2N4O/c12-8-2-1-7(9(13)4-8)3-11(18)14-5-10-15-6-16-17-10/h1-2,4,6H,3,5H2,(H,14,18)(H,15,16,17). The van der Waals surface area contributed by atoms with Gasteiger partial charge in [-0.05, 0) is 17.7 Å². The number of hydrogen-bond acceptors (Lipinski definition) is 3. The summed E-state index contributed by atoms with van der Waals surface area (Å²) in [6.07, 6.45) is 1.59. The van der Waals surface area contributed by atoms with Gasteiger partial charge in [0, 0.05) is 10.0 Å². The normalized spacial score (nSPS) is 10.3. The molecule has 0 spiro atoms. The Morgan fingerprint density at radius 1 is 1.39 bits per heavy atom. The molecule has 0 fully saturated rings. The fourth-order valence-corrected chi connectivity index (χ4v) is 1.87. The minimum atomic E-state index is -0.143. The van der Waals surface area contributed by atoms with Gasteiger partial charge >= 0.3 is 0 Å². The number of halogens is 2. The molecule has 7 heteroatoms. The topological polar surface area (TPSA) is 70.7 Å². The largest absolute Gasteiger partial charge is 0.349 e. The molecule has 0 saturated carbocycles. The van der Waals surface area contributed by atoms with Crippen LogP contribution in [0, 0.1) is 0 Å². The van der Waals surface area contributed by atoms with E-state index < -0.39 is 0 Å². The summed E-state index contributed by atoms with van der Waals surface area (Å²) in [6.45, 7) is 0.310. The van der Waals surface area contributed by atoms with Crippen molar-refractivity contribution in [3.05, 3.63) is 46.0 Å². The minimum Gasteiger partial charge on any atom is -0.349 e. The molecule has 0 aliphatic heterocycles. The van der Waals surface area contributed by atoms with Gasteiger partial charge in [-0.3, -0.25) is 9.89 Å². The molecule has 18 heavy (non-hydrogen) atoms. The Labute approximate surface area is 114 Å². The van der Waals surface area contributed by atoms with E-state index in [1.165, 1.54) is 6.33 Å². The summed E-state index contributed by atoms with van der Waals surface area (Å²) in [6, 6.07) is 5.05. The van der Waals surface area contributed by atoms with Crippen molar-refractivity contribution in [3.8, 4) is 0 Å². The molecule has 2 aromatic rings. The lowest BCUT2D eigenvalue weighted by Gasteiger charge is -2.05. The Hall–Kier alpha value is -1.59. The number of H-pyrrole nitrogens is 1. The SMILES string of the molecule is O=C(Cc1ccc(Cl)cc1Cl)NCc1ncn[nH]1. The fourth-order valence-electron chi connectivity index (χ4n) is 1.40. The van der Waals surface area contributed by atoms with Gasteiger partial charge in [0.15, 0.2) is 0 Å². The van der Waals surface area contributed by atoms with Crippen molar-refractivity contribution in [1.82, 2.24) is 20.5 Å². The second-order valence-electron chi connectivity index (χ2n) is 3.62. The second kappa shape index (κ2) is 5.84. The van der Waals surface area contributed by atoms with E-state index in [2.05, 4.69) is 20.5 Å². The lowest BCUT2D eigenvalue weighted by atomic mass is 10.1. The van der Waals surface area contributed by atoms with Crippen molar-refractivity contribution in [2.75, 3.05) is 0 Å². The number of carbonyl (C=O) groups excluding carboxylic acids is 1. The van der Waals surface area contributed by atoms with Gasteiger partial charge in [-0.15, -0.1) is 0 Å². The van der Waals surface area contributed by atoms with Gasteiger partial charge in [-0.2, -0.15) is 5.10 Å². The maximum atomic E-state index is 11.7. The van der Waals surface area contributed by atoms with Crippen molar-refractivity contribution < 1.29 is 4.79 Å². The van der Waals surface area contributed by atoms with Crippen LogP contribution in [0.4, 0.5) is 0 Å². The van der Waals surface area contributed by atoms with Crippen molar-refractivity contribution in [2.45, 2.75) is 13.0 Å². The van der Waals surface area contributed by atoms with E-state index in [0.29, 0.717) is 22.4 Å². The van der Waals surface area contributed by atoms with Gasteiger partial charge in [0.25, 0.3) is 0 Å². The smallest absolute Gasteiger partial charge is 0.224 e. The summed E-state index contributed by atoms with van der Waals surface area (Å²) < 4.78 is 0. The first-order chi connectivity index (χ1) is 8.65. The third kappa shape index (κ3) is 3.45. The van der Waals surface area contributed by atoms with Crippen LogP contribution in [-0.2, 0) is 17.8 Å². The molecule has 0 aliphatic carbocycles. The van der Waals surface area contributed by atoms with E-state index in [1.807, 2.05) is 0 Å². The van der Waals surface area contributed by atoms with Crippen LogP contribution in [0.5, 0.6) is 0 Å². The molecular formula is C11H10Cl2N4O. The van der Waals surface area contributed by atoms with Crippen molar-refractivity contribution in [3.63, 3.8) is 0 Å². The fraction of sp³-hybridized carbons (Fsp3) is 0.182. The zero-order valence-electron chi connectivity index (χ0n) is 9.28. The number of amides is 1. The monoisotopic (exact) mass is 284 g/mol. The van der Waals surface area contributed by atoms with E-state index in [4.69, 9.17) is 23.2 Å². The zero-order valence-corrected chi connectivity index (χ0v) is 10.8. The van der Waals surface area contributed by atoms with Gasteiger partial charge in [-0.1, -0.05) is 29.3 Å². The van der Waals surface area contributed by atoms with Crippen LogP contribution in [0.15, 0.2) is 24.5 Å². The summed E-state index contributed by atoms with van der Waals surface area (Å²) in [5.74, 6) is 0.459. The molecule has 5 nitrogen and oxygen atoms in total. The van der Waals surface area contributed by atoms with Gasteiger partial charge in [0.2, 0.25) is 5.91 Å². The predicted molar refractivity (Wildman–Crippen MR) is 68.4 cm³/mol. The highest BCUT2D eigenvalue weighted by atomic mass is 35.5. The van der Waals surface area contributed by atoms with Crippen molar-refractivity contribution in [1.29, 1.82) is 0 Å². The summed E-state index contributed by atoms with van der Waals surface area (Å²) in [5.41, 5.74) is 0.733. The van der Waals surface area contributed by atoms with Crippen LogP contribution in [0.1, 0.15) is 11.4 Å². The number of aromatic amines is 1. The Morgan fingerprint density at radius 2 is 2.22 bits per heavy atom. The van der Waals surface area contributed by atoms with E-state index >= 15 is 0 Å². The number of nitrogens with one attached hydrogen (secondary N) is 2. The molecular weight excluding hydrogens is 275 g/mol. The molecule has 0 aliphatic rings. The molecule has 0 atom stereocenters. The highest BCUT2D eigenvalue weighted by Gasteiger charge is 2.08. The molecule has 1 aromatic heterocycles. The van der Waals surface area contributed by atoms with Gasteiger partial charge in [0.05, 0.1) is 13.0 Å². The Balaban J connectivity index is 1.91. The average molecular weight is 285 g/mol. The van der Waals surface area contributed by atoms with Crippen LogP contribution in [-0.4, -0.2) is 21.1 Å². The van der Waals surface area contributed by atoms with Crippen molar-refractivity contribution in [2.24, 2.45) is 0 Å². The average Bonchev–Trinajstić information content (AvgIpc) is 2.83. The van der Waals surface area contributed by atoms with E-state index in [0.717, 1.165) is 5.56 Å². The lowest BCUT2D eigenvalue weighted by molar-refractivity contribution is -0.120. The number of hydrogen-bond donors (Lipinski definition) is 2. The number of nitrogens with zero attached hydrogens (tertiary/aromatic N) is 2. The van der Waals surface area contributed by atoms with Crippen LogP contribution in [0.2, 0.25) is 10.0 Å². The van der Waals surface area contributed by atoms with Gasteiger partial charge in [0.1, 0.15) is 12.2 Å². The van der Waals surface area contributed by atoms with Crippen LogP contribution in [0.25, 0.3) is 0 Å². The highest BCUT2D eigenvalue weighted by Crippen LogP contribution is 2.21. The summed E-state index contributed by atoms with van der Waals surface area (Å²) in [4.78, 5) is 15.6. The summed E-state index contributed by atoms with van der Waals surface area (Å²) in [7, 11) is 0. The first kappa shape index (κ1) is 12.9. The summed E-state index contributed by atoms with van der Waals surface area (Å²) >= 11 is 11.8. The first-order valence-corrected chi connectivity index (χ1v) is 5.95. The number of rotatable bonds is 4.